The highest BCUT2D eigenvalue weighted by atomic mass is 79.9. The molecule has 16 heavy (non-hydrogen) atoms. The minimum absolute atomic E-state index is 0.0365. The summed E-state index contributed by atoms with van der Waals surface area (Å²) in [5.41, 5.74) is 6.05. The van der Waals surface area contributed by atoms with E-state index in [1.807, 2.05) is 12.1 Å². The molecule has 88 valence electrons. The number of rotatable bonds is 5. The first-order valence-electron chi connectivity index (χ1n) is 5.00. The van der Waals surface area contributed by atoms with Gasteiger partial charge in [-0.15, -0.1) is 0 Å². The topological polar surface area (TPSA) is 64.3 Å². The third-order valence-electron chi connectivity index (χ3n) is 2.00. The predicted molar refractivity (Wildman–Crippen MR) is 67.6 cm³/mol. The van der Waals surface area contributed by atoms with Crippen molar-refractivity contribution in [3.8, 4) is 5.75 Å². The number of hydrogen-bond donors (Lipinski definition) is 2. The maximum absolute atomic E-state index is 11.5. The lowest BCUT2D eigenvalue weighted by molar-refractivity contribution is -0.116. The molecular weight excluding hydrogens is 272 g/mol. The highest BCUT2D eigenvalue weighted by Gasteiger charge is 2.04. The van der Waals surface area contributed by atoms with Crippen molar-refractivity contribution in [2.75, 3.05) is 19.0 Å². The SMILES string of the molecule is COc1cc(Br)cc(NC(=O)CCCN)c1. The van der Waals surface area contributed by atoms with Crippen LogP contribution in [0.2, 0.25) is 0 Å². The van der Waals surface area contributed by atoms with Gasteiger partial charge in [-0.25, -0.2) is 0 Å². The molecule has 0 aliphatic heterocycles. The number of halogens is 1. The van der Waals surface area contributed by atoms with Crippen LogP contribution in [0.15, 0.2) is 22.7 Å². The number of carbonyl (C=O) groups excluding carboxylic acids is 1. The van der Waals surface area contributed by atoms with E-state index in [4.69, 9.17) is 10.5 Å². The van der Waals surface area contributed by atoms with Gasteiger partial charge in [-0.05, 0) is 25.1 Å². The van der Waals surface area contributed by atoms with E-state index in [0.717, 1.165) is 4.47 Å². The van der Waals surface area contributed by atoms with Crippen LogP contribution in [0.4, 0.5) is 5.69 Å². The first-order chi connectivity index (χ1) is 7.65. The molecule has 0 spiro atoms. The summed E-state index contributed by atoms with van der Waals surface area (Å²) in [7, 11) is 1.59. The molecule has 0 atom stereocenters. The van der Waals surface area contributed by atoms with E-state index in [-0.39, 0.29) is 5.91 Å². The number of methoxy groups -OCH3 is 1. The Morgan fingerprint density at radius 2 is 2.25 bits per heavy atom. The van der Waals surface area contributed by atoms with Crippen LogP contribution in [0.25, 0.3) is 0 Å². The molecule has 0 aliphatic carbocycles. The van der Waals surface area contributed by atoms with Gasteiger partial charge in [0.2, 0.25) is 5.91 Å². The van der Waals surface area contributed by atoms with Crippen LogP contribution in [0.3, 0.4) is 0 Å². The monoisotopic (exact) mass is 286 g/mol. The first-order valence-corrected chi connectivity index (χ1v) is 5.79. The third-order valence-corrected chi connectivity index (χ3v) is 2.46. The summed E-state index contributed by atoms with van der Waals surface area (Å²) in [6.07, 6.45) is 1.13. The normalized spacial score (nSPS) is 9.94. The van der Waals surface area contributed by atoms with E-state index in [9.17, 15) is 4.79 Å². The summed E-state index contributed by atoms with van der Waals surface area (Å²) in [5.74, 6) is 0.661. The molecule has 0 heterocycles. The summed E-state index contributed by atoms with van der Waals surface area (Å²) in [6.45, 7) is 0.523. The van der Waals surface area contributed by atoms with Crippen LogP contribution >= 0.6 is 15.9 Å². The quantitative estimate of drug-likeness (QED) is 0.872. The summed E-state index contributed by atoms with van der Waals surface area (Å²) < 4.78 is 5.96. The number of amides is 1. The fraction of sp³-hybridized carbons (Fsp3) is 0.364. The average molecular weight is 287 g/mol. The van der Waals surface area contributed by atoms with Gasteiger partial charge in [-0.3, -0.25) is 4.79 Å². The fourth-order valence-electron chi connectivity index (χ4n) is 1.24. The van der Waals surface area contributed by atoms with E-state index < -0.39 is 0 Å². The maximum Gasteiger partial charge on any atom is 0.224 e. The second kappa shape index (κ2) is 6.50. The van der Waals surface area contributed by atoms with E-state index in [1.54, 1.807) is 13.2 Å². The van der Waals surface area contributed by atoms with Crippen LogP contribution in [0.5, 0.6) is 5.75 Å². The number of carbonyl (C=O) groups is 1. The Bertz CT molecular complexity index is 369. The number of anilines is 1. The number of hydrogen-bond acceptors (Lipinski definition) is 3. The van der Waals surface area contributed by atoms with Gasteiger partial charge in [0.1, 0.15) is 5.75 Å². The van der Waals surface area contributed by atoms with Crippen molar-refractivity contribution < 1.29 is 9.53 Å². The lowest BCUT2D eigenvalue weighted by Gasteiger charge is -2.07. The smallest absolute Gasteiger partial charge is 0.224 e. The molecule has 0 unspecified atom stereocenters. The van der Waals surface area contributed by atoms with Crippen molar-refractivity contribution in [3.05, 3.63) is 22.7 Å². The van der Waals surface area contributed by atoms with Crippen molar-refractivity contribution in [1.29, 1.82) is 0 Å². The van der Waals surface area contributed by atoms with Gasteiger partial charge < -0.3 is 15.8 Å². The summed E-state index contributed by atoms with van der Waals surface area (Å²) in [4.78, 5) is 11.5. The largest absolute Gasteiger partial charge is 0.497 e. The number of nitrogens with one attached hydrogen (secondary N) is 1. The number of nitrogens with two attached hydrogens (primary N) is 1. The van der Waals surface area contributed by atoms with Crippen LogP contribution in [-0.2, 0) is 4.79 Å². The molecule has 4 nitrogen and oxygen atoms in total. The molecular formula is C11H15BrN2O2. The lowest BCUT2D eigenvalue weighted by atomic mass is 10.2. The zero-order valence-electron chi connectivity index (χ0n) is 9.13. The minimum Gasteiger partial charge on any atom is -0.497 e. The summed E-state index contributed by atoms with van der Waals surface area (Å²) >= 11 is 3.35. The molecule has 1 amide bonds. The molecule has 0 radical (unpaired) electrons. The van der Waals surface area contributed by atoms with Crippen LogP contribution in [-0.4, -0.2) is 19.6 Å². The van der Waals surface area contributed by atoms with Gasteiger partial charge in [-0.1, -0.05) is 15.9 Å². The molecule has 5 heteroatoms. The molecule has 1 aromatic carbocycles. The zero-order valence-corrected chi connectivity index (χ0v) is 10.7. The van der Waals surface area contributed by atoms with Gasteiger partial charge in [0.05, 0.1) is 7.11 Å². The van der Waals surface area contributed by atoms with Gasteiger partial charge >= 0.3 is 0 Å². The van der Waals surface area contributed by atoms with E-state index in [1.165, 1.54) is 0 Å². The Morgan fingerprint density at radius 1 is 1.50 bits per heavy atom. The second-order valence-electron chi connectivity index (χ2n) is 3.32. The molecule has 1 aromatic rings. The Kier molecular flexibility index (Phi) is 5.28. The average Bonchev–Trinajstić information content (AvgIpc) is 2.25. The van der Waals surface area contributed by atoms with Crippen LogP contribution < -0.4 is 15.8 Å². The molecule has 0 bridgehead atoms. The van der Waals surface area contributed by atoms with Crippen molar-refractivity contribution in [3.63, 3.8) is 0 Å². The summed E-state index contributed by atoms with van der Waals surface area (Å²) in [6, 6.07) is 5.42. The minimum atomic E-state index is -0.0365. The number of benzene rings is 1. The standard InChI is InChI=1S/C11H15BrN2O2/c1-16-10-6-8(12)5-9(7-10)14-11(15)3-2-4-13/h5-7H,2-4,13H2,1H3,(H,14,15). The van der Waals surface area contributed by atoms with Crippen LogP contribution in [0, 0.1) is 0 Å². The first kappa shape index (κ1) is 13.0. The molecule has 0 fully saturated rings. The molecule has 0 aliphatic rings. The van der Waals surface area contributed by atoms with E-state index in [0.29, 0.717) is 30.8 Å². The third kappa shape index (κ3) is 4.20. The fourth-order valence-corrected chi connectivity index (χ4v) is 1.71. The highest BCUT2D eigenvalue weighted by molar-refractivity contribution is 9.10. The Morgan fingerprint density at radius 3 is 2.88 bits per heavy atom. The zero-order chi connectivity index (χ0) is 12.0. The van der Waals surface area contributed by atoms with Crippen molar-refractivity contribution in [2.45, 2.75) is 12.8 Å². The van der Waals surface area contributed by atoms with Crippen molar-refractivity contribution in [1.82, 2.24) is 0 Å². The summed E-state index contributed by atoms with van der Waals surface area (Å²) in [5, 5.41) is 2.79. The molecule has 0 saturated carbocycles. The van der Waals surface area contributed by atoms with Gasteiger partial charge in [0.25, 0.3) is 0 Å². The van der Waals surface area contributed by atoms with Gasteiger partial charge in [0.15, 0.2) is 0 Å². The van der Waals surface area contributed by atoms with Crippen LogP contribution in [0.1, 0.15) is 12.8 Å². The van der Waals surface area contributed by atoms with Crippen molar-refractivity contribution in [2.24, 2.45) is 5.73 Å². The molecule has 0 saturated heterocycles. The maximum atomic E-state index is 11.5. The van der Waals surface area contributed by atoms with E-state index >= 15 is 0 Å². The molecule has 1 rings (SSSR count). The van der Waals surface area contributed by atoms with Gasteiger partial charge in [-0.2, -0.15) is 0 Å². The number of ether oxygens (including phenoxy) is 1. The second-order valence-corrected chi connectivity index (χ2v) is 4.24. The Labute approximate surface area is 103 Å². The Hall–Kier alpha value is -1.07. The molecule has 0 aromatic heterocycles. The van der Waals surface area contributed by atoms with Gasteiger partial charge in [0, 0.05) is 22.6 Å². The predicted octanol–water partition coefficient (Wildman–Crippen LogP) is 2.14. The Balaban J connectivity index is 2.65. The highest BCUT2D eigenvalue weighted by Crippen LogP contribution is 2.24. The van der Waals surface area contributed by atoms with Crippen molar-refractivity contribution >= 4 is 27.5 Å². The van der Waals surface area contributed by atoms with E-state index in [2.05, 4.69) is 21.2 Å². The molecule has 3 N–H and O–H groups in total. The lowest BCUT2D eigenvalue weighted by Crippen LogP contribution is -2.13.